The van der Waals surface area contributed by atoms with Gasteiger partial charge in [-0.15, -0.1) is 11.3 Å². The number of likely N-dealkylation sites (tertiary alicyclic amines) is 1. The van der Waals surface area contributed by atoms with Gasteiger partial charge in [0.15, 0.2) is 0 Å². The van der Waals surface area contributed by atoms with Gasteiger partial charge in [0, 0.05) is 22.6 Å². The van der Waals surface area contributed by atoms with Crippen LogP contribution in [0.25, 0.3) is 5.76 Å². The lowest BCUT2D eigenvalue weighted by Crippen LogP contribution is -2.28. The van der Waals surface area contributed by atoms with Crippen LogP contribution in [0.2, 0.25) is 0 Å². The zero-order chi connectivity index (χ0) is 20.5. The zero-order valence-electron chi connectivity index (χ0n) is 14.8. The van der Waals surface area contributed by atoms with E-state index in [1.54, 1.807) is 29.6 Å². The molecule has 1 N–H and O–H groups in total. The fraction of sp³-hybridized carbons (Fsp3) is 0.100. The van der Waals surface area contributed by atoms with Crippen molar-refractivity contribution in [3.8, 4) is 0 Å². The first-order valence-corrected chi connectivity index (χ1v) is 9.44. The van der Waals surface area contributed by atoms with Gasteiger partial charge in [0.1, 0.15) is 17.6 Å². The number of carbonyl (C=O) groups excluding carboxylic acids is 2. The van der Waals surface area contributed by atoms with Crippen molar-refractivity contribution in [3.63, 3.8) is 0 Å². The van der Waals surface area contributed by atoms with Gasteiger partial charge >= 0.3 is 0 Å². The van der Waals surface area contributed by atoms with E-state index in [0.717, 1.165) is 0 Å². The minimum absolute atomic E-state index is 0.0475. The number of amides is 1. The summed E-state index contributed by atoms with van der Waals surface area (Å²) in [6, 6.07) is 11.4. The summed E-state index contributed by atoms with van der Waals surface area (Å²) >= 11 is 1.33. The summed E-state index contributed by atoms with van der Waals surface area (Å²) in [6.07, 6.45) is 1.47. The molecule has 1 atom stereocenters. The highest BCUT2D eigenvalue weighted by molar-refractivity contribution is 7.10. The molecule has 3 aromatic rings. The molecule has 4 rings (SSSR count). The second-order valence-corrected chi connectivity index (χ2v) is 7.31. The lowest BCUT2D eigenvalue weighted by molar-refractivity contribution is -0.384. The van der Waals surface area contributed by atoms with Crippen LogP contribution < -0.4 is 0 Å². The first-order valence-electron chi connectivity index (χ1n) is 8.56. The predicted molar refractivity (Wildman–Crippen MR) is 104 cm³/mol. The normalized spacial score (nSPS) is 18.3. The van der Waals surface area contributed by atoms with Gasteiger partial charge in [-0.3, -0.25) is 19.7 Å². The standard InChI is InChI=1S/C20H14N2O6S/c23-18(12-4-1-5-13(10-12)22(26)27)16-17(15-7-3-9-29-15)21(20(25)19(16)24)11-14-6-2-8-28-14/h1-10,17,23H,11H2/t17-/m0/s1. The van der Waals surface area contributed by atoms with Gasteiger partial charge in [-0.05, 0) is 23.6 Å². The van der Waals surface area contributed by atoms with E-state index in [1.165, 1.54) is 46.8 Å². The van der Waals surface area contributed by atoms with Crippen molar-refractivity contribution in [2.45, 2.75) is 12.6 Å². The van der Waals surface area contributed by atoms with Crippen LogP contribution in [-0.2, 0) is 16.1 Å². The smallest absolute Gasteiger partial charge is 0.296 e. The molecule has 1 aromatic carbocycles. The second kappa shape index (κ2) is 7.36. The number of nitrogens with zero attached hydrogens (tertiary/aromatic N) is 2. The first-order chi connectivity index (χ1) is 14.0. The van der Waals surface area contributed by atoms with E-state index in [4.69, 9.17) is 4.42 Å². The molecule has 29 heavy (non-hydrogen) atoms. The van der Waals surface area contributed by atoms with E-state index in [-0.39, 0.29) is 23.4 Å². The maximum atomic E-state index is 12.8. The molecule has 0 radical (unpaired) electrons. The number of thiophene rings is 1. The summed E-state index contributed by atoms with van der Waals surface area (Å²) in [6.45, 7) is 0.0475. The van der Waals surface area contributed by atoms with Crippen LogP contribution in [0.3, 0.4) is 0 Å². The van der Waals surface area contributed by atoms with Crippen LogP contribution in [0.4, 0.5) is 5.69 Å². The summed E-state index contributed by atoms with van der Waals surface area (Å²) in [4.78, 5) is 38.0. The van der Waals surface area contributed by atoms with Crippen LogP contribution in [-0.4, -0.2) is 26.6 Å². The molecule has 2 aromatic heterocycles. The van der Waals surface area contributed by atoms with E-state index in [0.29, 0.717) is 10.6 Å². The molecule has 1 aliphatic rings. The highest BCUT2D eigenvalue weighted by Gasteiger charge is 2.46. The number of carbonyl (C=O) groups is 2. The van der Waals surface area contributed by atoms with Crippen LogP contribution in [0.1, 0.15) is 22.2 Å². The minimum Gasteiger partial charge on any atom is -0.507 e. The maximum Gasteiger partial charge on any atom is 0.296 e. The van der Waals surface area contributed by atoms with Gasteiger partial charge in [-0.25, -0.2) is 0 Å². The van der Waals surface area contributed by atoms with Gasteiger partial charge in [0.2, 0.25) is 0 Å². The summed E-state index contributed by atoms with van der Waals surface area (Å²) in [5, 5.41) is 23.7. The quantitative estimate of drug-likeness (QED) is 0.225. The predicted octanol–water partition coefficient (Wildman–Crippen LogP) is 3.87. The van der Waals surface area contributed by atoms with Crippen molar-refractivity contribution in [2.24, 2.45) is 0 Å². The Labute approximate surface area is 168 Å². The second-order valence-electron chi connectivity index (χ2n) is 6.33. The Bertz CT molecular complexity index is 1120. The Morgan fingerprint density at radius 3 is 2.69 bits per heavy atom. The number of Topliss-reactive ketones (excluding diaryl/α,β-unsaturated/α-hetero) is 1. The summed E-state index contributed by atoms with van der Waals surface area (Å²) < 4.78 is 5.31. The number of nitro groups is 1. The van der Waals surface area contributed by atoms with Crippen LogP contribution in [0.15, 0.2) is 70.2 Å². The van der Waals surface area contributed by atoms with Crippen molar-refractivity contribution in [1.29, 1.82) is 0 Å². The molecular formula is C20H14N2O6S. The lowest BCUT2D eigenvalue weighted by atomic mass is 9.99. The van der Waals surface area contributed by atoms with E-state index < -0.39 is 28.4 Å². The van der Waals surface area contributed by atoms with E-state index in [1.807, 2.05) is 0 Å². The molecule has 1 fully saturated rings. The number of hydrogen-bond acceptors (Lipinski definition) is 7. The molecule has 3 heterocycles. The van der Waals surface area contributed by atoms with Crippen LogP contribution in [0, 0.1) is 10.1 Å². The van der Waals surface area contributed by atoms with E-state index in [9.17, 15) is 24.8 Å². The van der Waals surface area contributed by atoms with Gasteiger partial charge in [-0.1, -0.05) is 18.2 Å². The number of aliphatic hydroxyl groups is 1. The summed E-state index contributed by atoms with van der Waals surface area (Å²) in [5.74, 6) is -1.58. The van der Waals surface area contributed by atoms with Crippen LogP contribution in [0.5, 0.6) is 0 Å². The van der Waals surface area contributed by atoms with Crippen molar-refractivity contribution in [3.05, 3.63) is 92.1 Å². The monoisotopic (exact) mass is 410 g/mol. The molecule has 1 saturated heterocycles. The lowest BCUT2D eigenvalue weighted by Gasteiger charge is -2.23. The zero-order valence-corrected chi connectivity index (χ0v) is 15.7. The summed E-state index contributed by atoms with van der Waals surface area (Å²) in [7, 11) is 0. The Morgan fingerprint density at radius 1 is 1.21 bits per heavy atom. The number of aliphatic hydroxyl groups excluding tert-OH is 1. The number of benzene rings is 1. The van der Waals surface area contributed by atoms with Crippen molar-refractivity contribution < 1.29 is 24.0 Å². The molecule has 1 amide bonds. The molecular weight excluding hydrogens is 396 g/mol. The minimum atomic E-state index is -0.848. The topological polar surface area (TPSA) is 114 Å². The van der Waals surface area contributed by atoms with Crippen molar-refractivity contribution >= 4 is 34.5 Å². The third-order valence-corrected chi connectivity index (χ3v) is 5.51. The highest BCUT2D eigenvalue weighted by Crippen LogP contribution is 2.42. The summed E-state index contributed by atoms with van der Waals surface area (Å²) in [5.41, 5.74) is -0.243. The number of ketones is 1. The fourth-order valence-electron chi connectivity index (χ4n) is 3.28. The Kier molecular flexibility index (Phi) is 4.73. The Balaban J connectivity index is 1.85. The number of non-ortho nitro benzene ring substituents is 1. The van der Waals surface area contributed by atoms with Crippen molar-refractivity contribution in [1.82, 2.24) is 4.90 Å². The molecule has 0 bridgehead atoms. The third kappa shape index (κ3) is 3.32. The molecule has 146 valence electrons. The van der Waals surface area contributed by atoms with E-state index >= 15 is 0 Å². The van der Waals surface area contributed by atoms with Gasteiger partial charge in [0.25, 0.3) is 17.4 Å². The third-order valence-electron chi connectivity index (χ3n) is 4.59. The molecule has 0 spiro atoms. The van der Waals surface area contributed by atoms with Crippen LogP contribution >= 0.6 is 11.3 Å². The SMILES string of the molecule is O=C1C(=O)N(Cc2ccco2)[C@@H](c2cccs2)C1=C(O)c1cccc([N+](=O)[O-])c1. The Hall–Kier alpha value is -3.72. The molecule has 9 heteroatoms. The Morgan fingerprint density at radius 2 is 2.03 bits per heavy atom. The number of furan rings is 1. The highest BCUT2D eigenvalue weighted by atomic mass is 32.1. The largest absolute Gasteiger partial charge is 0.507 e. The molecule has 1 aliphatic heterocycles. The molecule has 0 unspecified atom stereocenters. The number of hydrogen-bond donors (Lipinski definition) is 1. The molecule has 0 saturated carbocycles. The maximum absolute atomic E-state index is 12.8. The van der Waals surface area contributed by atoms with Gasteiger partial charge < -0.3 is 14.4 Å². The van der Waals surface area contributed by atoms with E-state index in [2.05, 4.69) is 0 Å². The van der Waals surface area contributed by atoms with Crippen molar-refractivity contribution in [2.75, 3.05) is 0 Å². The first kappa shape index (κ1) is 18.6. The molecule has 8 nitrogen and oxygen atoms in total. The van der Waals surface area contributed by atoms with Gasteiger partial charge in [-0.2, -0.15) is 0 Å². The fourth-order valence-corrected chi connectivity index (χ4v) is 4.12. The average Bonchev–Trinajstić information content (AvgIpc) is 3.46. The number of rotatable bonds is 5. The average molecular weight is 410 g/mol. The number of nitro benzene ring substituents is 1. The molecule has 0 aliphatic carbocycles. The van der Waals surface area contributed by atoms with Gasteiger partial charge in [0.05, 0.1) is 23.3 Å².